The van der Waals surface area contributed by atoms with Crippen LogP contribution in [0.15, 0.2) is 78.9 Å². The highest BCUT2D eigenvalue weighted by atomic mass is 19.4. The first-order chi connectivity index (χ1) is 18.3. The van der Waals surface area contributed by atoms with Crippen molar-refractivity contribution in [1.82, 2.24) is 5.32 Å². The van der Waals surface area contributed by atoms with Crippen molar-refractivity contribution < 1.29 is 22.7 Å². The number of fused-ring (bicyclic) bond motifs is 2. The molecule has 6 heteroatoms. The molecule has 0 unspecified atom stereocenters. The first-order valence-corrected chi connectivity index (χ1v) is 13.1. The molecule has 3 nitrogen and oxygen atoms in total. The summed E-state index contributed by atoms with van der Waals surface area (Å²) >= 11 is 0. The van der Waals surface area contributed by atoms with Crippen molar-refractivity contribution >= 4 is 16.7 Å². The maximum Gasteiger partial charge on any atom is 0.416 e. The Bertz CT molecular complexity index is 1490. The molecule has 2 fully saturated rings. The van der Waals surface area contributed by atoms with Crippen LogP contribution in [0.25, 0.3) is 33.0 Å². The maximum absolute atomic E-state index is 13.0. The molecule has 38 heavy (non-hydrogen) atoms. The van der Waals surface area contributed by atoms with Crippen LogP contribution < -0.4 is 5.32 Å². The van der Waals surface area contributed by atoms with Crippen molar-refractivity contribution in [2.24, 2.45) is 5.92 Å². The van der Waals surface area contributed by atoms with E-state index in [1.807, 2.05) is 24.3 Å². The SMILES string of the molecule is CCOC(=O)c1cc(-c2ccc([C@@H]3CCN[C@H]4C[C@H]43)cc2)c2ccc(-c3ccc(C(F)(F)F)cc3)cc2c1. The van der Waals surface area contributed by atoms with Crippen LogP contribution >= 0.6 is 0 Å². The van der Waals surface area contributed by atoms with Crippen molar-refractivity contribution in [2.45, 2.75) is 37.9 Å². The molecular formula is C32H28F3NO2. The third-order valence-corrected chi connectivity index (χ3v) is 7.88. The van der Waals surface area contributed by atoms with Gasteiger partial charge in [0.05, 0.1) is 17.7 Å². The third-order valence-electron chi connectivity index (χ3n) is 7.88. The molecular weight excluding hydrogens is 487 g/mol. The van der Waals surface area contributed by atoms with Crippen LogP contribution in [0.1, 0.15) is 47.2 Å². The summed E-state index contributed by atoms with van der Waals surface area (Å²) in [6.07, 6.45) is -1.98. The first-order valence-electron chi connectivity index (χ1n) is 13.1. The van der Waals surface area contributed by atoms with Gasteiger partial charge >= 0.3 is 12.1 Å². The molecule has 0 aromatic heterocycles. The molecule has 2 aliphatic rings. The van der Waals surface area contributed by atoms with Crippen molar-refractivity contribution in [3.63, 3.8) is 0 Å². The van der Waals surface area contributed by atoms with Gasteiger partial charge in [0, 0.05) is 6.04 Å². The van der Waals surface area contributed by atoms with E-state index in [1.165, 1.54) is 24.1 Å². The van der Waals surface area contributed by atoms with Gasteiger partial charge in [0.2, 0.25) is 0 Å². The highest BCUT2D eigenvalue weighted by molar-refractivity contribution is 6.04. The second-order valence-corrected chi connectivity index (χ2v) is 10.2. The predicted molar refractivity (Wildman–Crippen MR) is 143 cm³/mol. The Balaban J connectivity index is 1.39. The maximum atomic E-state index is 13.0. The lowest BCUT2D eigenvalue weighted by Crippen LogP contribution is -2.28. The molecule has 1 saturated carbocycles. The minimum absolute atomic E-state index is 0.269. The summed E-state index contributed by atoms with van der Waals surface area (Å²) in [7, 11) is 0. The normalized spacial score (nSPS) is 20.7. The zero-order chi connectivity index (χ0) is 26.4. The number of alkyl halides is 3. The molecule has 1 aliphatic carbocycles. The number of carbonyl (C=O) groups is 1. The van der Waals surface area contributed by atoms with E-state index in [2.05, 4.69) is 29.6 Å². The molecule has 0 amide bonds. The van der Waals surface area contributed by atoms with E-state index in [-0.39, 0.29) is 6.61 Å². The topological polar surface area (TPSA) is 38.3 Å². The molecule has 4 aromatic rings. The van der Waals surface area contributed by atoms with E-state index < -0.39 is 17.7 Å². The van der Waals surface area contributed by atoms with Gasteiger partial charge in [-0.3, -0.25) is 0 Å². The van der Waals surface area contributed by atoms with Crippen molar-refractivity contribution in [1.29, 1.82) is 0 Å². The molecule has 1 aliphatic heterocycles. The fourth-order valence-electron chi connectivity index (χ4n) is 5.83. The quantitative estimate of drug-likeness (QED) is 0.275. The van der Waals surface area contributed by atoms with Crippen LogP contribution in [-0.2, 0) is 10.9 Å². The van der Waals surface area contributed by atoms with E-state index in [9.17, 15) is 18.0 Å². The fraction of sp³-hybridized carbons (Fsp3) is 0.281. The Labute approximate surface area is 219 Å². The largest absolute Gasteiger partial charge is 0.462 e. The third kappa shape index (κ3) is 4.69. The molecule has 1 saturated heterocycles. The second-order valence-electron chi connectivity index (χ2n) is 10.2. The van der Waals surface area contributed by atoms with Crippen LogP contribution in [0.2, 0.25) is 0 Å². The number of nitrogens with one attached hydrogen (secondary N) is 1. The number of piperidine rings is 1. The van der Waals surface area contributed by atoms with Crippen molar-refractivity contribution in [3.8, 4) is 22.3 Å². The van der Waals surface area contributed by atoms with Gasteiger partial charge in [-0.25, -0.2) is 4.79 Å². The summed E-state index contributed by atoms with van der Waals surface area (Å²) in [5.74, 6) is 0.914. The van der Waals surface area contributed by atoms with Crippen LogP contribution in [0.3, 0.4) is 0 Å². The molecule has 6 rings (SSSR count). The van der Waals surface area contributed by atoms with Crippen LogP contribution in [-0.4, -0.2) is 25.2 Å². The Hall–Kier alpha value is -3.64. The highest BCUT2D eigenvalue weighted by Crippen LogP contribution is 2.47. The monoisotopic (exact) mass is 515 g/mol. The summed E-state index contributed by atoms with van der Waals surface area (Å²) in [5.41, 5.74) is 4.50. The number of hydrogen-bond acceptors (Lipinski definition) is 3. The fourth-order valence-corrected chi connectivity index (χ4v) is 5.83. The first kappa shape index (κ1) is 24.7. The van der Waals surface area contributed by atoms with Gasteiger partial charge in [-0.1, -0.05) is 48.5 Å². The molecule has 0 spiro atoms. The minimum Gasteiger partial charge on any atom is -0.462 e. The number of benzene rings is 4. The average molecular weight is 516 g/mol. The van der Waals surface area contributed by atoms with E-state index in [4.69, 9.17) is 4.74 Å². The molecule has 3 atom stereocenters. The second kappa shape index (κ2) is 9.59. The number of ether oxygens (including phenoxy) is 1. The van der Waals surface area contributed by atoms with Gasteiger partial charge in [-0.15, -0.1) is 0 Å². The van der Waals surface area contributed by atoms with Gasteiger partial charge in [-0.05, 0) is 107 Å². The van der Waals surface area contributed by atoms with E-state index in [0.29, 0.717) is 23.1 Å². The van der Waals surface area contributed by atoms with Gasteiger partial charge in [0.1, 0.15) is 0 Å². The number of hydrogen-bond donors (Lipinski definition) is 1. The van der Waals surface area contributed by atoms with Gasteiger partial charge in [0.15, 0.2) is 0 Å². The van der Waals surface area contributed by atoms with Crippen LogP contribution in [0, 0.1) is 5.92 Å². The van der Waals surface area contributed by atoms with Crippen molar-refractivity contribution in [2.75, 3.05) is 13.2 Å². The van der Waals surface area contributed by atoms with E-state index in [1.54, 1.807) is 13.0 Å². The Morgan fingerprint density at radius 2 is 1.63 bits per heavy atom. The van der Waals surface area contributed by atoms with Crippen molar-refractivity contribution in [3.05, 3.63) is 95.6 Å². The minimum atomic E-state index is -4.38. The average Bonchev–Trinajstić information content (AvgIpc) is 3.72. The Kier molecular flexibility index (Phi) is 6.23. The summed E-state index contributed by atoms with van der Waals surface area (Å²) < 4.78 is 44.4. The van der Waals surface area contributed by atoms with E-state index >= 15 is 0 Å². The lowest BCUT2D eigenvalue weighted by Gasteiger charge is -2.23. The Morgan fingerprint density at radius 3 is 2.34 bits per heavy atom. The zero-order valence-corrected chi connectivity index (χ0v) is 21.0. The molecule has 4 aromatic carbocycles. The van der Waals surface area contributed by atoms with Gasteiger partial charge in [0.25, 0.3) is 0 Å². The molecule has 194 valence electrons. The summed E-state index contributed by atoms with van der Waals surface area (Å²) in [5, 5.41) is 5.36. The zero-order valence-electron chi connectivity index (χ0n) is 21.0. The van der Waals surface area contributed by atoms with Crippen LogP contribution in [0.4, 0.5) is 13.2 Å². The number of esters is 1. The van der Waals surface area contributed by atoms with E-state index in [0.717, 1.165) is 58.5 Å². The highest BCUT2D eigenvalue weighted by Gasteiger charge is 2.45. The predicted octanol–water partition coefficient (Wildman–Crippen LogP) is 7.83. The summed E-state index contributed by atoms with van der Waals surface area (Å²) in [4.78, 5) is 12.7. The summed E-state index contributed by atoms with van der Waals surface area (Å²) in [6.45, 7) is 3.10. The lowest BCUT2D eigenvalue weighted by atomic mass is 9.87. The number of carbonyl (C=O) groups excluding carboxylic acids is 1. The van der Waals surface area contributed by atoms with Crippen LogP contribution in [0.5, 0.6) is 0 Å². The molecule has 1 heterocycles. The number of rotatable bonds is 5. The smallest absolute Gasteiger partial charge is 0.416 e. The van der Waals surface area contributed by atoms with Gasteiger partial charge < -0.3 is 10.1 Å². The lowest BCUT2D eigenvalue weighted by molar-refractivity contribution is -0.137. The molecule has 0 bridgehead atoms. The molecule has 0 radical (unpaired) electrons. The Morgan fingerprint density at radius 1 is 0.921 bits per heavy atom. The number of halogens is 3. The van der Waals surface area contributed by atoms with Gasteiger partial charge in [-0.2, -0.15) is 13.2 Å². The summed E-state index contributed by atoms with van der Waals surface area (Å²) in [6, 6.07) is 23.9. The molecule has 1 N–H and O–H groups in total. The standard InChI is InChI=1S/C32H28F3NO2/c1-2-38-31(37)24-16-23-15-22(19-7-10-25(11-8-19)32(33,34)35)9-12-26(23)28(17-24)21-5-3-20(4-6-21)27-13-14-36-30-18-29(27)30/h3-12,15-17,27,29-30,36H,2,13-14,18H2,1H3/t27-,29-,30-/m0/s1.